The first-order valence-electron chi connectivity index (χ1n) is 5.78. The zero-order valence-electron chi connectivity index (χ0n) is 10.6. The molecule has 0 fully saturated rings. The fraction of sp³-hybridized carbons (Fsp3) is 0.538. The van der Waals surface area contributed by atoms with Gasteiger partial charge < -0.3 is 8.85 Å². The lowest BCUT2D eigenvalue weighted by atomic mass is 10.1. The summed E-state index contributed by atoms with van der Waals surface area (Å²) in [6.45, 7) is 7.27. The van der Waals surface area contributed by atoms with Crippen LogP contribution in [0, 0.1) is 12.8 Å². The van der Waals surface area contributed by atoms with E-state index in [1.54, 1.807) is 7.11 Å². The van der Waals surface area contributed by atoms with Gasteiger partial charge in [0.25, 0.3) is 0 Å². The molecule has 1 atom stereocenters. The molecular weight excluding hydrogens is 216 g/mol. The van der Waals surface area contributed by atoms with Crippen LogP contribution in [0.2, 0.25) is 0 Å². The second-order valence-corrected chi connectivity index (χ2v) is 5.94. The van der Waals surface area contributed by atoms with Crippen LogP contribution < -0.4 is 5.19 Å². The van der Waals surface area contributed by atoms with E-state index in [-0.39, 0.29) is 0 Å². The van der Waals surface area contributed by atoms with Crippen molar-refractivity contribution in [2.24, 2.45) is 5.92 Å². The van der Waals surface area contributed by atoms with E-state index in [4.69, 9.17) is 8.85 Å². The summed E-state index contributed by atoms with van der Waals surface area (Å²) in [4.78, 5) is 0. The molecule has 0 aliphatic rings. The van der Waals surface area contributed by atoms with Crippen molar-refractivity contribution in [3.63, 3.8) is 0 Å². The Labute approximate surface area is 100 Å². The van der Waals surface area contributed by atoms with Gasteiger partial charge in [0, 0.05) is 13.7 Å². The monoisotopic (exact) mass is 237 g/mol. The maximum absolute atomic E-state index is 5.89. The summed E-state index contributed by atoms with van der Waals surface area (Å²) >= 11 is 0. The standard InChI is InChI=1S/C13H21O2Si/c1-5-11(2)10-15-16(14-4)13-9-7-6-8-12(13)3/h6-9,11H,5,10H2,1-4H3. The van der Waals surface area contributed by atoms with Crippen molar-refractivity contribution >= 4 is 14.5 Å². The molecule has 0 heterocycles. The van der Waals surface area contributed by atoms with Gasteiger partial charge in [-0.1, -0.05) is 44.5 Å². The molecule has 1 rings (SSSR count). The minimum atomic E-state index is -1.30. The van der Waals surface area contributed by atoms with Gasteiger partial charge in [0.2, 0.25) is 0 Å². The fourth-order valence-electron chi connectivity index (χ4n) is 1.38. The van der Waals surface area contributed by atoms with E-state index in [1.165, 1.54) is 10.8 Å². The molecule has 0 N–H and O–H groups in total. The lowest BCUT2D eigenvalue weighted by Crippen LogP contribution is -2.38. The van der Waals surface area contributed by atoms with Gasteiger partial charge in [-0.25, -0.2) is 0 Å². The van der Waals surface area contributed by atoms with Gasteiger partial charge in [-0.2, -0.15) is 0 Å². The minimum absolute atomic E-state index is 0.596. The number of aryl methyl sites for hydroxylation is 1. The number of rotatable bonds is 6. The number of benzene rings is 1. The third kappa shape index (κ3) is 3.74. The van der Waals surface area contributed by atoms with Crippen molar-refractivity contribution < 1.29 is 8.85 Å². The molecule has 0 aromatic heterocycles. The zero-order valence-corrected chi connectivity index (χ0v) is 11.6. The first-order chi connectivity index (χ1) is 7.69. The fourth-order valence-corrected chi connectivity index (χ4v) is 2.95. The van der Waals surface area contributed by atoms with Crippen LogP contribution in [0.4, 0.5) is 0 Å². The number of hydrogen-bond donors (Lipinski definition) is 0. The quantitative estimate of drug-likeness (QED) is 0.707. The normalized spacial score (nSPS) is 13.1. The van der Waals surface area contributed by atoms with Crippen molar-refractivity contribution in [2.45, 2.75) is 27.2 Å². The van der Waals surface area contributed by atoms with Crippen LogP contribution in [-0.4, -0.2) is 23.0 Å². The summed E-state index contributed by atoms with van der Waals surface area (Å²) < 4.78 is 11.4. The Balaban J connectivity index is 2.64. The zero-order chi connectivity index (χ0) is 12.0. The lowest BCUT2D eigenvalue weighted by Gasteiger charge is -2.17. The van der Waals surface area contributed by atoms with Crippen LogP contribution in [0.25, 0.3) is 0 Å². The summed E-state index contributed by atoms with van der Waals surface area (Å²) in [6.07, 6.45) is 1.15. The highest BCUT2D eigenvalue weighted by molar-refractivity contribution is 6.61. The molecule has 0 amide bonds. The average molecular weight is 237 g/mol. The van der Waals surface area contributed by atoms with Crippen LogP contribution in [0.5, 0.6) is 0 Å². The molecule has 2 nitrogen and oxygen atoms in total. The summed E-state index contributed by atoms with van der Waals surface area (Å²) in [5.74, 6) is 0.596. The van der Waals surface area contributed by atoms with Gasteiger partial charge in [-0.3, -0.25) is 0 Å². The van der Waals surface area contributed by atoms with E-state index in [9.17, 15) is 0 Å². The van der Waals surface area contributed by atoms with Crippen molar-refractivity contribution in [3.8, 4) is 0 Å². The molecule has 1 aromatic carbocycles. The predicted octanol–water partition coefficient (Wildman–Crippen LogP) is 2.40. The maximum atomic E-state index is 5.89. The summed E-state index contributed by atoms with van der Waals surface area (Å²) in [5.41, 5.74) is 1.25. The van der Waals surface area contributed by atoms with Gasteiger partial charge >= 0.3 is 9.28 Å². The van der Waals surface area contributed by atoms with Crippen molar-refractivity contribution in [3.05, 3.63) is 29.8 Å². The number of hydrogen-bond acceptors (Lipinski definition) is 2. The van der Waals surface area contributed by atoms with E-state index < -0.39 is 9.28 Å². The van der Waals surface area contributed by atoms with Crippen LogP contribution in [0.3, 0.4) is 0 Å². The average Bonchev–Trinajstić information content (AvgIpc) is 2.31. The van der Waals surface area contributed by atoms with E-state index in [0.717, 1.165) is 13.0 Å². The van der Waals surface area contributed by atoms with E-state index in [1.807, 2.05) is 12.1 Å². The lowest BCUT2D eigenvalue weighted by molar-refractivity contribution is 0.204. The maximum Gasteiger partial charge on any atom is 0.423 e. The Morgan fingerprint density at radius 2 is 2.00 bits per heavy atom. The van der Waals surface area contributed by atoms with Crippen LogP contribution in [0.1, 0.15) is 25.8 Å². The predicted molar refractivity (Wildman–Crippen MR) is 69.0 cm³/mol. The van der Waals surface area contributed by atoms with Crippen LogP contribution >= 0.6 is 0 Å². The molecule has 0 saturated carbocycles. The molecular formula is C13H21O2Si. The largest absolute Gasteiger partial charge is 0.423 e. The second-order valence-electron chi connectivity index (χ2n) is 4.13. The van der Waals surface area contributed by atoms with Gasteiger partial charge in [-0.15, -0.1) is 0 Å². The molecule has 0 bridgehead atoms. The molecule has 89 valence electrons. The van der Waals surface area contributed by atoms with E-state index >= 15 is 0 Å². The molecule has 0 aliphatic carbocycles. The Morgan fingerprint density at radius 1 is 1.31 bits per heavy atom. The Morgan fingerprint density at radius 3 is 2.56 bits per heavy atom. The first kappa shape index (κ1) is 13.4. The molecule has 0 saturated heterocycles. The topological polar surface area (TPSA) is 18.5 Å². The van der Waals surface area contributed by atoms with E-state index in [2.05, 4.69) is 32.9 Å². The molecule has 3 heteroatoms. The van der Waals surface area contributed by atoms with E-state index in [0.29, 0.717) is 5.92 Å². The highest BCUT2D eigenvalue weighted by Crippen LogP contribution is 2.04. The Hall–Kier alpha value is -0.643. The Bertz CT molecular complexity index is 315. The SMILES string of the molecule is CCC(C)CO[Si](OC)c1ccccc1C. The van der Waals surface area contributed by atoms with Gasteiger partial charge in [0.05, 0.1) is 0 Å². The summed E-state index contributed by atoms with van der Waals surface area (Å²) in [5, 5.41) is 1.22. The first-order valence-corrected chi connectivity index (χ1v) is 7.10. The van der Waals surface area contributed by atoms with Crippen molar-refractivity contribution in [1.82, 2.24) is 0 Å². The molecule has 0 aliphatic heterocycles. The molecule has 1 unspecified atom stereocenters. The smallest absolute Gasteiger partial charge is 0.393 e. The summed E-state index contributed by atoms with van der Waals surface area (Å²) in [6, 6.07) is 8.29. The Kier molecular flexibility index (Phi) is 5.73. The van der Waals surface area contributed by atoms with Crippen molar-refractivity contribution in [1.29, 1.82) is 0 Å². The van der Waals surface area contributed by atoms with Gasteiger partial charge in [-0.05, 0) is 23.6 Å². The molecule has 16 heavy (non-hydrogen) atoms. The third-order valence-electron chi connectivity index (χ3n) is 2.75. The van der Waals surface area contributed by atoms with Crippen LogP contribution in [0.15, 0.2) is 24.3 Å². The van der Waals surface area contributed by atoms with Gasteiger partial charge in [0.1, 0.15) is 0 Å². The molecule has 0 spiro atoms. The third-order valence-corrected chi connectivity index (χ3v) is 4.55. The molecule has 1 aromatic rings. The molecule has 1 radical (unpaired) electrons. The second kappa shape index (κ2) is 6.84. The highest BCUT2D eigenvalue weighted by Gasteiger charge is 2.20. The van der Waals surface area contributed by atoms with Crippen molar-refractivity contribution in [2.75, 3.05) is 13.7 Å². The summed E-state index contributed by atoms with van der Waals surface area (Å²) in [7, 11) is 0.437. The van der Waals surface area contributed by atoms with Gasteiger partial charge in [0.15, 0.2) is 0 Å². The highest BCUT2D eigenvalue weighted by atomic mass is 28.3. The minimum Gasteiger partial charge on any atom is -0.393 e. The van der Waals surface area contributed by atoms with Crippen LogP contribution in [-0.2, 0) is 8.85 Å².